The third-order valence-electron chi connectivity index (χ3n) is 2.71. The van der Waals surface area contributed by atoms with Crippen molar-refractivity contribution in [3.05, 3.63) is 21.9 Å². The third-order valence-corrected chi connectivity index (χ3v) is 3.94. The molecule has 13 heavy (non-hydrogen) atoms. The fourth-order valence-corrected chi connectivity index (χ4v) is 2.45. The maximum absolute atomic E-state index is 3.57. The van der Waals surface area contributed by atoms with Gasteiger partial charge in [0.1, 0.15) is 0 Å². The molecule has 2 rings (SSSR count). The lowest BCUT2D eigenvalue weighted by atomic mass is 10.3. The summed E-state index contributed by atoms with van der Waals surface area (Å²) in [5.41, 5.74) is 0. The first-order chi connectivity index (χ1) is 6.29. The van der Waals surface area contributed by atoms with E-state index in [1.54, 1.807) is 0 Å². The van der Waals surface area contributed by atoms with E-state index in [1.165, 1.54) is 22.6 Å². The Kier molecular flexibility index (Phi) is 2.70. The molecule has 1 saturated carbocycles. The van der Waals surface area contributed by atoms with E-state index in [-0.39, 0.29) is 0 Å². The standard InChI is InChI=1S/C11H17NS/c1-3-9-4-5-10(13-9)7-12-11-6-8(11)2/h4-5,8,11-12H,3,6-7H2,1-2H3. The molecule has 1 nitrogen and oxygen atoms in total. The van der Waals surface area contributed by atoms with E-state index in [0.717, 1.165) is 18.5 Å². The number of hydrogen-bond donors (Lipinski definition) is 1. The zero-order chi connectivity index (χ0) is 9.26. The van der Waals surface area contributed by atoms with Gasteiger partial charge in [0.2, 0.25) is 0 Å². The molecule has 0 aliphatic heterocycles. The molecule has 1 fully saturated rings. The molecule has 0 bridgehead atoms. The smallest absolute Gasteiger partial charge is 0.0302 e. The van der Waals surface area contributed by atoms with Crippen molar-refractivity contribution in [1.29, 1.82) is 0 Å². The Balaban J connectivity index is 1.80. The van der Waals surface area contributed by atoms with Crippen LogP contribution in [0.3, 0.4) is 0 Å². The van der Waals surface area contributed by atoms with Gasteiger partial charge in [-0.1, -0.05) is 13.8 Å². The summed E-state index contributed by atoms with van der Waals surface area (Å²) in [6.07, 6.45) is 2.54. The molecule has 2 unspecified atom stereocenters. The van der Waals surface area contributed by atoms with E-state index < -0.39 is 0 Å². The van der Waals surface area contributed by atoms with Crippen LogP contribution in [0.4, 0.5) is 0 Å². The molecule has 0 aromatic carbocycles. The first-order valence-corrected chi connectivity index (χ1v) is 5.92. The Labute approximate surface area is 84.2 Å². The topological polar surface area (TPSA) is 12.0 Å². The Morgan fingerprint density at radius 2 is 2.15 bits per heavy atom. The molecule has 0 amide bonds. The lowest BCUT2D eigenvalue weighted by Gasteiger charge is -1.99. The maximum Gasteiger partial charge on any atom is 0.0302 e. The molecule has 0 saturated heterocycles. The van der Waals surface area contributed by atoms with Gasteiger partial charge in [0.15, 0.2) is 0 Å². The monoisotopic (exact) mass is 195 g/mol. The largest absolute Gasteiger partial charge is 0.309 e. The van der Waals surface area contributed by atoms with Crippen molar-refractivity contribution in [3.63, 3.8) is 0 Å². The highest BCUT2D eigenvalue weighted by atomic mass is 32.1. The van der Waals surface area contributed by atoms with Crippen molar-refractivity contribution in [1.82, 2.24) is 5.32 Å². The molecule has 1 aromatic heterocycles. The Hall–Kier alpha value is -0.340. The molecule has 1 heterocycles. The first kappa shape index (κ1) is 9.22. The molecular weight excluding hydrogens is 178 g/mol. The van der Waals surface area contributed by atoms with Gasteiger partial charge in [0.25, 0.3) is 0 Å². The predicted octanol–water partition coefficient (Wildman–Crippen LogP) is 2.81. The van der Waals surface area contributed by atoms with Gasteiger partial charge in [-0.25, -0.2) is 0 Å². The van der Waals surface area contributed by atoms with E-state index in [0.29, 0.717) is 0 Å². The molecule has 1 aliphatic rings. The average Bonchev–Trinajstić information content (AvgIpc) is 2.68. The summed E-state index contributed by atoms with van der Waals surface area (Å²) in [7, 11) is 0. The summed E-state index contributed by atoms with van der Waals surface area (Å²) in [5, 5.41) is 3.57. The summed E-state index contributed by atoms with van der Waals surface area (Å²) >= 11 is 1.94. The van der Waals surface area contributed by atoms with Crippen LogP contribution in [0, 0.1) is 5.92 Å². The molecule has 0 radical (unpaired) electrons. The minimum atomic E-state index is 0.798. The number of nitrogens with one attached hydrogen (secondary N) is 1. The average molecular weight is 195 g/mol. The van der Waals surface area contributed by atoms with Crippen molar-refractivity contribution in [2.45, 2.75) is 39.3 Å². The van der Waals surface area contributed by atoms with Gasteiger partial charge in [0.05, 0.1) is 0 Å². The van der Waals surface area contributed by atoms with Crippen LogP contribution >= 0.6 is 11.3 Å². The first-order valence-electron chi connectivity index (χ1n) is 5.10. The molecular formula is C11H17NS. The Morgan fingerprint density at radius 1 is 1.46 bits per heavy atom. The second kappa shape index (κ2) is 3.81. The summed E-state index contributed by atoms with van der Waals surface area (Å²) in [5.74, 6) is 0.908. The van der Waals surface area contributed by atoms with Crippen LogP contribution in [0.25, 0.3) is 0 Å². The van der Waals surface area contributed by atoms with E-state index >= 15 is 0 Å². The fourth-order valence-electron chi connectivity index (χ4n) is 1.55. The highest BCUT2D eigenvalue weighted by Gasteiger charge is 2.31. The van der Waals surface area contributed by atoms with Gasteiger partial charge in [-0.2, -0.15) is 0 Å². The molecule has 1 N–H and O–H groups in total. The maximum atomic E-state index is 3.57. The molecule has 2 atom stereocenters. The van der Waals surface area contributed by atoms with E-state index in [4.69, 9.17) is 0 Å². The van der Waals surface area contributed by atoms with Crippen LogP contribution < -0.4 is 5.32 Å². The zero-order valence-corrected chi connectivity index (χ0v) is 9.16. The summed E-state index contributed by atoms with van der Waals surface area (Å²) in [6.45, 7) is 5.59. The number of thiophene rings is 1. The van der Waals surface area contributed by atoms with Crippen molar-refractivity contribution in [3.8, 4) is 0 Å². The Bertz CT molecular complexity index is 279. The van der Waals surface area contributed by atoms with Crippen LogP contribution in [0.15, 0.2) is 12.1 Å². The van der Waals surface area contributed by atoms with Gasteiger partial charge in [0, 0.05) is 22.3 Å². The van der Waals surface area contributed by atoms with Crippen molar-refractivity contribution >= 4 is 11.3 Å². The van der Waals surface area contributed by atoms with Crippen LogP contribution in [0.5, 0.6) is 0 Å². The fraction of sp³-hybridized carbons (Fsp3) is 0.636. The molecule has 0 spiro atoms. The molecule has 1 aromatic rings. The predicted molar refractivity (Wildman–Crippen MR) is 58.1 cm³/mol. The second-order valence-electron chi connectivity index (χ2n) is 3.92. The third kappa shape index (κ3) is 2.32. The van der Waals surface area contributed by atoms with E-state index in [1.807, 2.05) is 11.3 Å². The van der Waals surface area contributed by atoms with Gasteiger partial charge in [-0.3, -0.25) is 0 Å². The van der Waals surface area contributed by atoms with Gasteiger partial charge in [-0.15, -0.1) is 11.3 Å². The van der Waals surface area contributed by atoms with Gasteiger partial charge < -0.3 is 5.32 Å². The van der Waals surface area contributed by atoms with Gasteiger partial charge >= 0.3 is 0 Å². The Morgan fingerprint density at radius 3 is 2.69 bits per heavy atom. The summed E-state index contributed by atoms with van der Waals surface area (Å²) in [6, 6.07) is 5.30. The second-order valence-corrected chi connectivity index (χ2v) is 5.17. The zero-order valence-electron chi connectivity index (χ0n) is 8.34. The lowest BCUT2D eigenvalue weighted by Crippen LogP contribution is -2.16. The highest BCUT2D eigenvalue weighted by Crippen LogP contribution is 2.29. The quantitative estimate of drug-likeness (QED) is 0.779. The minimum absolute atomic E-state index is 0.798. The van der Waals surface area contributed by atoms with Crippen LogP contribution in [-0.2, 0) is 13.0 Å². The number of aryl methyl sites for hydroxylation is 1. The number of hydrogen-bond acceptors (Lipinski definition) is 2. The summed E-state index contributed by atoms with van der Waals surface area (Å²) < 4.78 is 0. The van der Waals surface area contributed by atoms with Crippen LogP contribution in [0.2, 0.25) is 0 Å². The molecule has 2 heteroatoms. The van der Waals surface area contributed by atoms with Crippen molar-refractivity contribution < 1.29 is 0 Å². The molecule has 72 valence electrons. The van der Waals surface area contributed by atoms with Crippen LogP contribution in [-0.4, -0.2) is 6.04 Å². The van der Waals surface area contributed by atoms with Gasteiger partial charge in [-0.05, 0) is 30.9 Å². The van der Waals surface area contributed by atoms with Crippen molar-refractivity contribution in [2.24, 2.45) is 5.92 Å². The highest BCUT2D eigenvalue weighted by molar-refractivity contribution is 7.11. The lowest BCUT2D eigenvalue weighted by molar-refractivity contribution is 0.658. The summed E-state index contributed by atoms with van der Waals surface area (Å²) in [4.78, 5) is 2.98. The number of rotatable bonds is 4. The van der Waals surface area contributed by atoms with E-state index in [9.17, 15) is 0 Å². The van der Waals surface area contributed by atoms with Crippen molar-refractivity contribution in [2.75, 3.05) is 0 Å². The van der Waals surface area contributed by atoms with E-state index in [2.05, 4.69) is 31.3 Å². The van der Waals surface area contributed by atoms with Crippen LogP contribution in [0.1, 0.15) is 30.0 Å². The minimum Gasteiger partial charge on any atom is -0.309 e. The normalized spacial score (nSPS) is 26.3. The SMILES string of the molecule is CCc1ccc(CNC2CC2C)s1. The molecule has 1 aliphatic carbocycles.